The lowest BCUT2D eigenvalue weighted by Crippen LogP contribution is -2.63. The molecule has 0 aliphatic carbocycles. The average molecular weight is 537 g/mol. The van der Waals surface area contributed by atoms with Gasteiger partial charge in [0.15, 0.2) is 8.32 Å². The third-order valence-electron chi connectivity index (χ3n) is 8.20. The van der Waals surface area contributed by atoms with E-state index in [1.165, 1.54) is 18.9 Å². The van der Waals surface area contributed by atoms with E-state index in [2.05, 4.69) is 67.0 Å². The van der Waals surface area contributed by atoms with Gasteiger partial charge in [-0.1, -0.05) is 59.7 Å². The van der Waals surface area contributed by atoms with Crippen LogP contribution >= 0.6 is 0 Å². The van der Waals surface area contributed by atoms with Crippen LogP contribution < -0.4 is 0 Å². The van der Waals surface area contributed by atoms with Gasteiger partial charge in [0.1, 0.15) is 0 Å². The van der Waals surface area contributed by atoms with Gasteiger partial charge in [0, 0.05) is 17.7 Å². The van der Waals surface area contributed by atoms with Crippen LogP contribution in [0.15, 0.2) is 0 Å². The number of hydrogen-bond donors (Lipinski definition) is 2. The quantitative estimate of drug-likeness (QED) is 0.133. The first-order chi connectivity index (χ1) is 15.6. The molecule has 8 heteroatoms. The van der Waals surface area contributed by atoms with E-state index in [4.69, 9.17) is 13.6 Å². The molecule has 206 valence electrons. The number of aliphatic hydroxyl groups excluding tert-OH is 2. The smallest absolute Gasteiger partial charge is 0.216 e. The maximum Gasteiger partial charge on any atom is 0.216 e. The van der Waals surface area contributed by atoms with Crippen LogP contribution in [0, 0.1) is 5.41 Å². The van der Waals surface area contributed by atoms with Crippen molar-refractivity contribution in [1.29, 1.82) is 0 Å². The SMILES string of the molecule is CCCC[Si](C)(C)C(CC)O[Si](C)(C)C(C)(CC)O[Si](C)(C)CCCOCC(CC)(CO)CO. The Morgan fingerprint density at radius 1 is 0.824 bits per heavy atom. The van der Waals surface area contributed by atoms with Crippen LogP contribution in [0.2, 0.25) is 51.4 Å². The van der Waals surface area contributed by atoms with E-state index >= 15 is 0 Å². The van der Waals surface area contributed by atoms with Gasteiger partial charge >= 0.3 is 0 Å². The van der Waals surface area contributed by atoms with Gasteiger partial charge in [0.2, 0.25) is 8.32 Å². The van der Waals surface area contributed by atoms with E-state index < -0.39 is 30.1 Å². The molecule has 0 heterocycles. The molecule has 0 aliphatic heterocycles. The van der Waals surface area contributed by atoms with Crippen LogP contribution in [0.4, 0.5) is 0 Å². The summed E-state index contributed by atoms with van der Waals surface area (Å²) in [5.74, 6) is 0. The Morgan fingerprint density at radius 3 is 1.85 bits per heavy atom. The van der Waals surface area contributed by atoms with Gasteiger partial charge in [-0.2, -0.15) is 0 Å². The summed E-state index contributed by atoms with van der Waals surface area (Å²) in [6, 6.07) is 2.36. The third-order valence-corrected chi connectivity index (χ3v) is 19.0. The lowest BCUT2D eigenvalue weighted by Gasteiger charge is -2.49. The third kappa shape index (κ3) is 10.4. The highest BCUT2D eigenvalue weighted by Gasteiger charge is 2.50. The Labute approximate surface area is 215 Å². The van der Waals surface area contributed by atoms with Crippen molar-refractivity contribution in [2.24, 2.45) is 5.41 Å². The second-order valence-corrected chi connectivity index (χ2v) is 26.0. The van der Waals surface area contributed by atoms with Crippen LogP contribution in [-0.2, 0) is 13.6 Å². The minimum absolute atomic E-state index is 0.0468. The lowest BCUT2D eigenvalue weighted by molar-refractivity contribution is -0.0299. The lowest BCUT2D eigenvalue weighted by atomic mass is 9.88. The maximum atomic E-state index is 9.61. The van der Waals surface area contributed by atoms with Gasteiger partial charge in [0.05, 0.1) is 33.1 Å². The van der Waals surface area contributed by atoms with Gasteiger partial charge in [-0.05, 0) is 64.8 Å². The molecule has 2 unspecified atom stereocenters. The van der Waals surface area contributed by atoms with Crippen LogP contribution in [0.5, 0.6) is 0 Å². The van der Waals surface area contributed by atoms with Gasteiger partial charge < -0.3 is 23.8 Å². The molecule has 0 aliphatic rings. The van der Waals surface area contributed by atoms with Crippen molar-refractivity contribution in [3.63, 3.8) is 0 Å². The molecule has 0 saturated heterocycles. The van der Waals surface area contributed by atoms with Crippen molar-refractivity contribution < 1.29 is 23.8 Å². The van der Waals surface area contributed by atoms with Crippen LogP contribution in [0.25, 0.3) is 0 Å². The van der Waals surface area contributed by atoms with Gasteiger partial charge in [0.25, 0.3) is 0 Å². The van der Waals surface area contributed by atoms with Gasteiger partial charge in [-0.25, -0.2) is 0 Å². The van der Waals surface area contributed by atoms with E-state index in [1.807, 2.05) is 6.92 Å². The molecule has 0 aromatic rings. The summed E-state index contributed by atoms with van der Waals surface area (Å²) in [5, 5.41) is 19.0. The fourth-order valence-electron chi connectivity index (χ4n) is 4.71. The number of unbranched alkanes of at least 4 members (excludes halogenated alkanes) is 1. The predicted octanol–water partition coefficient (Wildman–Crippen LogP) is 6.75. The standard InChI is InChI=1S/C26H60O5Si3/c1-12-16-19-32(6,7)24(13-2)30-34(10,11)25(5,14-3)31-33(8,9)20-17-18-29-23-26(15-4,21-27)22-28/h24,27-28H,12-23H2,1-11H3. The van der Waals surface area contributed by atoms with Crippen LogP contribution in [-0.4, -0.2) is 72.3 Å². The summed E-state index contributed by atoms with van der Waals surface area (Å²) >= 11 is 0. The Morgan fingerprint density at radius 2 is 1.41 bits per heavy atom. The predicted molar refractivity (Wildman–Crippen MR) is 154 cm³/mol. The van der Waals surface area contributed by atoms with Gasteiger partial charge in [-0.15, -0.1) is 0 Å². The highest BCUT2D eigenvalue weighted by atomic mass is 28.4. The molecule has 0 spiro atoms. The highest BCUT2D eigenvalue weighted by Crippen LogP contribution is 2.37. The van der Waals surface area contributed by atoms with Gasteiger partial charge in [-0.3, -0.25) is 0 Å². The van der Waals surface area contributed by atoms with E-state index in [0.717, 1.165) is 25.3 Å². The summed E-state index contributed by atoms with van der Waals surface area (Å²) in [6.07, 6.45) is 6.27. The van der Waals surface area contributed by atoms with Crippen molar-refractivity contribution >= 4 is 24.7 Å². The molecular weight excluding hydrogens is 477 g/mol. The highest BCUT2D eigenvalue weighted by molar-refractivity contribution is 6.81. The van der Waals surface area contributed by atoms with E-state index in [1.54, 1.807) is 0 Å². The minimum Gasteiger partial charge on any atom is -0.415 e. The second kappa shape index (κ2) is 15.0. The molecule has 0 rings (SSSR count). The van der Waals surface area contributed by atoms with E-state index in [-0.39, 0.29) is 18.4 Å². The molecule has 2 N–H and O–H groups in total. The van der Waals surface area contributed by atoms with Crippen LogP contribution in [0.3, 0.4) is 0 Å². The topological polar surface area (TPSA) is 68.2 Å². The summed E-state index contributed by atoms with van der Waals surface area (Å²) in [4.78, 5) is 0. The molecule has 0 bridgehead atoms. The number of rotatable bonds is 20. The van der Waals surface area contributed by atoms with Crippen molar-refractivity contribution in [2.75, 3.05) is 26.4 Å². The Hall–Kier alpha value is 0.451. The fraction of sp³-hybridized carbons (Fsp3) is 1.00. The first-order valence-electron chi connectivity index (χ1n) is 13.8. The zero-order valence-corrected chi connectivity index (χ0v) is 27.7. The molecule has 5 nitrogen and oxygen atoms in total. The number of hydrogen-bond acceptors (Lipinski definition) is 5. The minimum atomic E-state index is -2.13. The van der Waals surface area contributed by atoms with Crippen LogP contribution in [0.1, 0.15) is 73.1 Å². The zero-order valence-electron chi connectivity index (χ0n) is 24.7. The summed E-state index contributed by atoms with van der Waals surface area (Å²) in [5.41, 5.74) is -0.133. The second-order valence-electron chi connectivity index (χ2n) is 12.4. The van der Waals surface area contributed by atoms with E-state index in [0.29, 0.717) is 25.4 Å². The molecule has 0 aromatic carbocycles. The molecular formula is C26H60O5Si3. The molecule has 0 fully saturated rings. The van der Waals surface area contributed by atoms with Crippen molar-refractivity contribution in [3.05, 3.63) is 0 Å². The number of ether oxygens (including phenoxy) is 1. The van der Waals surface area contributed by atoms with E-state index in [9.17, 15) is 10.2 Å². The average Bonchev–Trinajstić information content (AvgIpc) is 2.78. The monoisotopic (exact) mass is 536 g/mol. The fourth-order valence-corrected chi connectivity index (χ4v) is 15.8. The molecule has 0 radical (unpaired) electrons. The van der Waals surface area contributed by atoms with Crippen molar-refractivity contribution in [3.8, 4) is 0 Å². The zero-order chi connectivity index (χ0) is 26.7. The van der Waals surface area contributed by atoms with Crippen molar-refractivity contribution in [2.45, 2.75) is 135 Å². The first kappa shape index (κ1) is 34.5. The molecule has 0 aromatic heterocycles. The molecule has 2 atom stereocenters. The normalized spacial score (nSPS) is 16.5. The maximum absolute atomic E-state index is 9.61. The summed E-state index contributed by atoms with van der Waals surface area (Å²) in [6.45, 7) is 26.4. The molecule has 0 amide bonds. The molecule has 0 saturated carbocycles. The Kier molecular flexibility index (Phi) is 15.2. The Balaban J connectivity index is 5.12. The number of aliphatic hydroxyl groups is 2. The Bertz CT molecular complexity index is 544. The van der Waals surface area contributed by atoms with Crippen molar-refractivity contribution in [1.82, 2.24) is 0 Å². The summed E-state index contributed by atoms with van der Waals surface area (Å²) < 4.78 is 20.0. The largest absolute Gasteiger partial charge is 0.415 e. The summed E-state index contributed by atoms with van der Waals surface area (Å²) in [7, 11) is -5.52. The first-order valence-corrected chi connectivity index (χ1v) is 23.1. The molecule has 34 heavy (non-hydrogen) atoms.